The number of nitrogens with zero attached hydrogens (tertiary/aromatic N) is 3. The highest BCUT2D eigenvalue weighted by Crippen LogP contribution is 2.41. The second-order valence-electron chi connectivity index (χ2n) is 12.8. The Bertz CT molecular complexity index is 2320. The summed E-state index contributed by atoms with van der Waals surface area (Å²) >= 11 is 3.55. The molecule has 0 spiro atoms. The number of thiophene rings is 2. The molecule has 3 nitrogen and oxygen atoms in total. The van der Waals surface area contributed by atoms with E-state index in [1.807, 2.05) is 0 Å². The van der Waals surface area contributed by atoms with Crippen LogP contribution in [0.15, 0.2) is 212 Å². The van der Waals surface area contributed by atoms with E-state index in [0.717, 1.165) is 55.3 Å². The molecular weight excluding hydrogens is 695 g/mol. The summed E-state index contributed by atoms with van der Waals surface area (Å²) in [6.45, 7) is 0. The van der Waals surface area contributed by atoms with E-state index in [1.165, 1.54) is 20.9 Å². The molecule has 9 aromatic rings. The summed E-state index contributed by atoms with van der Waals surface area (Å²) in [6.07, 6.45) is 0. The zero-order chi connectivity index (χ0) is 36.1. The SMILES string of the molecule is c1ccc(N(c2ccccc2)c2ccc(-c3ccc(-c4cccc(-c5ccc(-c6ccc(N(c7ccccc7)c7ccccc7)cc6)s5)n4)s3)cc2)cc1. The highest BCUT2D eigenvalue weighted by Gasteiger charge is 2.15. The van der Waals surface area contributed by atoms with E-state index in [9.17, 15) is 0 Å². The molecule has 0 amide bonds. The molecule has 0 saturated carbocycles. The van der Waals surface area contributed by atoms with Gasteiger partial charge in [0.25, 0.3) is 0 Å². The van der Waals surface area contributed by atoms with Crippen LogP contribution < -0.4 is 9.80 Å². The fourth-order valence-corrected chi connectivity index (χ4v) is 8.69. The molecule has 54 heavy (non-hydrogen) atoms. The van der Waals surface area contributed by atoms with Gasteiger partial charge >= 0.3 is 0 Å². The minimum Gasteiger partial charge on any atom is -0.311 e. The summed E-state index contributed by atoms with van der Waals surface area (Å²) in [7, 11) is 0. The Morgan fingerprint density at radius 1 is 0.259 bits per heavy atom. The summed E-state index contributed by atoms with van der Waals surface area (Å²) in [5.74, 6) is 0. The average Bonchev–Trinajstić information content (AvgIpc) is 3.95. The van der Waals surface area contributed by atoms with Gasteiger partial charge in [-0.1, -0.05) is 103 Å². The predicted octanol–water partition coefficient (Wildman–Crippen LogP) is 14.8. The number of hydrogen-bond acceptors (Lipinski definition) is 5. The predicted molar refractivity (Wildman–Crippen MR) is 231 cm³/mol. The third-order valence-corrected chi connectivity index (χ3v) is 11.7. The third-order valence-electron chi connectivity index (χ3n) is 9.34. The van der Waals surface area contributed by atoms with Gasteiger partial charge in [-0.05, 0) is 120 Å². The van der Waals surface area contributed by atoms with Crippen molar-refractivity contribution in [2.45, 2.75) is 0 Å². The third kappa shape index (κ3) is 6.98. The number of hydrogen-bond donors (Lipinski definition) is 0. The van der Waals surface area contributed by atoms with Gasteiger partial charge in [-0.3, -0.25) is 0 Å². The Balaban J connectivity index is 0.935. The van der Waals surface area contributed by atoms with Crippen LogP contribution in [0.5, 0.6) is 0 Å². The lowest BCUT2D eigenvalue weighted by molar-refractivity contribution is 1.28. The maximum atomic E-state index is 5.14. The first-order valence-corrected chi connectivity index (χ1v) is 19.6. The van der Waals surface area contributed by atoms with Gasteiger partial charge in [0, 0.05) is 43.9 Å². The lowest BCUT2D eigenvalue weighted by atomic mass is 10.1. The normalized spacial score (nSPS) is 11.0. The maximum Gasteiger partial charge on any atom is 0.0809 e. The topological polar surface area (TPSA) is 19.4 Å². The fourth-order valence-electron chi connectivity index (χ4n) is 6.72. The molecule has 0 fully saturated rings. The molecule has 0 bridgehead atoms. The molecule has 0 aliphatic carbocycles. The number of para-hydroxylation sites is 4. The van der Waals surface area contributed by atoms with Gasteiger partial charge in [0.15, 0.2) is 0 Å². The van der Waals surface area contributed by atoms with E-state index in [0.29, 0.717) is 0 Å². The van der Waals surface area contributed by atoms with E-state index in [-0.39, 0.29) is 0 Å². The van der Waals surface area contributed by atoms with Crippen molar-refractivity contribution in [2.75, 3.05) is 9.80 Å². The van der Waals surface area contributed by atoms with Gasteiger partial charge in [-0.25, -0.2) is 4.98 Å². The van der Waals surface area contributed by atoms with E-state index < -0.39 is 0 Å². The largest absolute Gasteiger partial charge is 0.311 e. The standard InChI is InChI=1S/C49H35N3S2/c1-5-14-38(15-6-1)51(39-16-7-2-8-17-39)42-28-24-36(25-29-42)46-32-34-48(53-46)44-22-13-23-45(50-44)49-35-33-47(54-49)37-26-30-43(31-27-37)52(40-18-9-3-10-19-40)41-20-11-4-12-21-41/h1-35H. The summed E-state index contributed by atoms with van der Waals surface area (Å²) < 4.78 is 0. The van der Waals surface area contributed by atoms with Crippen LogP contribution in [0.2, 0.25) is 0 Å². The number of pyridine rings is 1. The molecule has 0 atom stereocenters. The van der Waals surface area contributed by atoms with Gasteiger partial charge in [0.05, 0.1) is 21.1 Å². The van der Waals surface area contributed by atoms with Crippen LogP contribution in [0.3, 0.4) is 0 Å². The molecule has 6 aromatic carbocycles. The quantitative estimate of drug-likeness (QED) is 0.140. The lowest BCUT2D eigenvalue weighted by Crippen LogP contribution is -2.09. The molecule has 9 rings (SSSR count). The minimum atomic E-state index is 0.987. The van der Waals surface area contributed by atoms with E-state index in [2.05, 4.69) is 222 Å². The molecular formula is C49H35N3S2. The molecule has 0 N–H and O–H groups in total. The zero-order valence-corrected chi connectivity index (χ0v) is 31.0. The Kier molecular flexibility index (Phi) is 9.39. The smallest absolute Gasteiger partial charge is 0.0809 e. The fraction of sp³-hybridized carbons (Fsp3) is 0. The highest BCUT2D eigenvalue weighted by molar-refractivity contribution is 7.19. The van der Waals surface area contributed by atoms with Crippen molar-refractivity contribution in [2.24, 2.45) is 0 Å². The molecule has 0 radical (unpaired) electrons. The number of aromatic nitrogens is 1. The molecule has 0 unspecified atom stereocenters. The van der Waals surface area contributed by atoms with Crippen molar-refractivity contribution in [1.82, 2.24) is 4.98 Å². The first-order chi connectivity index (χ1) is 26.8. The van der Waals surface area contributed by atoms with Gasteiger partial charge in [0.2, 0.25) is 0 Å². The second kappa shape index (κ2) is 15.2. The number of anilines is 6. The van der Waals surface area contributed by atoms with E-state index in [4.69, 9.17) is 4.98 Å². The van der Waals surface area contributed by atoms with E-state index in [1.54, 1.807) is 22.7 Å². The van der Waals surface area contributed by atoms with Crippen LogP contribution in [0.4, 0.5) is 34.1 Å². The first-order valence-electron chi connectivity index (χ1n) is 18.0. The molecule has 5 heteroatoms. The van der Waals surface area contributed by atoms with Crippen molar-refractivity contribution in [3.63, 3.8) is 0 Å². The summed E-state index contributed by atoms with van der Waals surface area (Å²) in [6, 6.07) is 74.9. The van der Waals surface area contributed by atoms with Crippen molar-refractivity contribution < 1.29 is 0 Å². The molecule has 3 heterocycles. The van der Waals surface area contributed by atoms with Crippen LogP contribution >= 0.6 is 22.7 Å². The van der Waals surface area contributed by atoms with Crippen molar-refractivity contribution in [3.8, 4) is 42.0 Å². The lowest BCUT2D eigenvalue weighted by Gasteiger charge is -2.25. The average molecular weight is 730 g/mol. The van der Waals surface area contributed by atoms with E-state index >= 15 is 0 Å². The monoisotopic (exact) mass is 729 g/mol. The zero-order valence-electron chi connectivity index (χ0n) is 29.4. The highest BCUT2D eigenvalue weighted by atomic mass is 32.1. The van der Waals surface area contributed by atoms with Crippen molar-refractivity contribution in [1.29, 1.82) is 0 Å². The van der Waals surface area contributed by atoms with Gasteiger partial charge < -0.3 is 9.80 Å². The van der Waals surface area contributed by atoms with Gasteiger partial charge in [0.1, 0.15) is 0 Å². The van der Waals surface area contributed by atoms with Crippen molar-refractivity contribution in [3.05, 3.63) is 212 Å². The summed E-state index contributed by atoms with van der Waals surface area (Å²) in [4.78, 5) is 14.5. The van der Waals surface area contributed by atoms with Crippen LogP contribution in [-0.4, -0.2) is 4.98 Å². The molecule has 258 valence electrons. The molecule has 0 aliphatic heterocycles. The summed E-state index contributed by atoms with van der Waals surface area (Å²) in [5.41, 5.74) is 11.1. The Morgan fingerprint density at radius 3 is 0.889 bits per heavy atom. The van der Waals surface area contributed by atoms with Gasteiger partial charge in [-0.15, -0.1) is 22.7 Å². The Hall–Kier alpha value is -6.53. The van der Waals surface area contributed by atoms with Gasteiger partial charge in [-0.2, -0.15) is 0 Å². The maximum absolute atomic E-state index is 5.14. The van der Waals surface area contributed by atoms with Crippen LogP contribution in [-0.2, 0) is 0 Å². The second-order valence-corrected chi connectivity index (χ2v) is 15.0. The minimum absolute atomic E-state index is 0.987. The first kappa shape index (κ1) is 33.3. The summed E-state index contributed by atoms with van der Waals surface area (Å²) in [5, 5.41) is 0. The van der Waals surface area contributed by atoms with Crippen LogP contribution in [0.25, 0.3) is 42.0 Å². The Labute approximate surface area is 324 Å². The number of benzene rings is 6. The Morgan fingerprint density at radius 2 is 0.556 bits per heavy atom. The molecule has 3 aromatic heterocycles. The number of rotatable bonds is 10. The van der Waals surface area contributed by atoms with Crippen LogP contribution in [0.1, 0.15) is 0 Å². The molecule has 0 aliphatic rings. The van der Waals surface area contributed by atoms with Crippen molar-refractivity contribution >= 4 is 56.8 Å². The molecule has 0 saturated heterocycles. The van der Waals surface area contributed by atoms with Crippen LogP contribution in [0, 0.1) is 0 Å².